The van der Waals surface area contributed by atoms with Gasteiger partial charge in [-0.25, -0.2) is 57.5 Å². The SMILES string of the molecule is CC(O)C(=O)OC(C)C(=O)OCC(COCC(COC(=O)C(C)OC(=O)C(C)O)(COC(=O)C(C)OC(=O)C(C)O)COC(=O)C(C)OC(=O)C(C)O)(COC(=O)C(C)OC(=O)C(C)O)COC(=O)C(C)OC(=O)C(C)O. The Morgan fingerprint density at radius 3 is 0.494 bits per heavy atom. The van der Waals surface area contributed by atoms with E-state index in [4.69, 9.17) is 61.6 Å². The lowest BCUT2D eigenvalue weighted by Gasteiger charge is -2.36. The van der Waals surface area contributed by atoms with Crippen LogP contribution in [0.4, 0.5) is 0 Å². The first-order valence-electron chi connectivity index (χ1n) is 23.4. The highest BCUT2D eigenvalue weighted by Gasteiger charge is 2.43. The van der Waals surface area contributed by atoms with Crippen molar-refractivity contribution >= 4 is 71.6 Å². The van der Waals surface area contributed by atoms with Crippen LogP contribution in [0.25, 0.3) is 0 Å². The van der Waals surface area contributed by atoms with E-state index >= 15 is 0 Å². The highest BCUT2D eigenvalue weighted by molar-refractivity contribution is 5.84. The van der Waals surface area contributed by atoms with Crippen LogP contribution >= 0.6 is 0 Å². The number of hydrogen-bond acceptors (Lipinski definition) is 31. The van der Waals surface area contributed by atoms with Crippen LogP contribution in [0.15, 0.2) is 0 Å². The Hall–Kier alpha value is -6.64. The summed E-state index contributed by atoms with van der Waals surface area (Å²) in [5, 5.41) is 57.8. The maximum Gasteiger partial charge on any atom is 0.347 e. The minimum Gasteiger partial charge on any atom is -0.462 e. The first kappa shape index (κ1) is 70.4. The van der Waals surface area contributed by atoms with Crippen LogP contribution in [0.2, 0.25) is 0 Å². The van der Waals surface area contributed by atoms with Gasteiger partial charge in [0.25, 0.3) is 0 Å². The third kappa shape index (κ3) is 26.3. The van der Waals surface area contributed by atoms with Crippen molar-refractivity contribution in [1.82, 2.24) is 0 Å². The number of esters is 12. The smallest absolute Gasteiger partial charge is 0.347 e. The van der Waals surface area contributed by atoms with Crippen molar-refractivity contribution in [2.45, 2.75) is 156 Å². The molecule has 31 nitrogen and oxygen atoms in total. The monoisotopic (exact) mass is 1120 g/mol. The first-order valence-corrected chi connectivity index (χ1v) is 23.4. The highest BCUT2D eigenvalue weighted by atomic mass is 16.6. The maximum absolute atomic E-state index is 13.3. The molecule has 0 spiro atoms. The van der Waals surface area contributed by atoms with E-state index in [-0.39, 0.29) is 0 Å². The molecule has 0 aromatic rings. The highest BCUT2D eigenvalue weighted by Crippen LogP contribution is 2.27. The van der Waals surface area contributed by atoms with Gasteiger partial charge in [0.15, 0.2) is 36.6 Å². The van der Waals surface area contributed by atoms with Gasteiger partial charge in [0.1, 0.15) is 76.3 Å². The minimum absolute atomic E-state index is 1.01. The Morgan fingerprint density at radius 2 is 0.377 bits per heavy atom. The van der Waals surface area contributed by atoms with Crippen molar-refractivity contribution in [3.05, 3.63) is 0 Å². The van der Waals surface area contributed by atoms with Gasteiger partial charge in [-0.3, -0.25) is 0 Å². The summed E-state index contributed by atoms with van der Waals surface area (Å²) in [6, 6.07) is 0. The Kier molecular flexibility index (Phi) is 30.6. The fourth-order valence-electron chi connectivity index (χ4n) is 4.96. The molecule has 0 aliphatic heterocycles. The molecular weight excluding hydrogens is 1050 g/mol. The second-order valence-corrected chi connectivity index (χ2v) is 17.7. The molecule has 0 rings (SSSR count). The standard InChI is InChI=1S/C46H70O31/c1-21(47)33(53)72-27(7)39(59)66-15-45(16-67-40(60)28(8)73-34(54)22(2)48,17-68-41(61)29(9)74-35(55)23(3)49)13-65-14-46(18-69-42(62)30(10)75-36(56)24(4)50,19-70-43(63)31(11)76-37(57)25(5)51)20-71-44(64)32(12)77-38(58)26(6)52/h21-32,47-52H,13-20H2,1-12H3. The van der Waals surface area contributed by atoms with Gasteiger partial charge in [0.2, 0.25) is 0 Å². The van der Waals surface area contributed by atoms with Gasteiger partial charge in [-0.15, -0.1) is 0 Å². The van der Waals surface area contributed by atoms with E-state index < -0.39 is 209 Å². The van der Waals surface area contributed by atoms with Gasteiger partial charge >= 0.3 is 71.6 Å². The molecule has 0 radical (unpaired) electrons. The largest absolute Gasteiger partial charge is 0.462 e. The fourth-order valence-corrected chi connectivity index (χ4v) is 4.96. The van der Waals surface area contributed by atoms with Crippen molar-refractivity contribution in [2.24, 2.45) is 10.8 Å². The van der Waals surface area contributed by atoms with Crippen molar-refractivity contribution in [2.75, 3.05) is 52.9 Å². The quantitative estimate of drug-likeness (QED) is 0.0265. The first-order chi connectivity index (χ1) is 35.5. The number of aliphatic hydroxyl groups excluding tert-OH is 6. The minimum atomic E-state index is -2.26. The zero-order chi connectivity index (χ0) is 59.7. The van der Waals surface area contributed by atoms with Gasteiger partial charge in [-0.1, -0.05) is 0 Å². The molecule has 0 fully saturated rings. The van der Waals surface area contributed by atoms with E-state index in [1.807, 2.05) is 0 Å². The molecule has 12 atom stereocenters. The fraction of sp³-hybridized carbons (Fsp3) is 0.739. The summed E-state index contributed by atoms with van der Waals surface area (Å²) < 4.78 is 67.6. The molecule has 0 saturated carbocycles. The summed E-state index contributed by atoms with van der Waals surface area (Å²) >= 11 is 0. The average molecular weight is 1120 g/mol. The molecule has 0 aromatic carbocycles. The molecule has 0 saturated heterocycles. The molecule has 0 bridgehead atoms. The average Bonchev–Trinajstić information content (AvgIpc) is 3.35. The summed E-state index contributed by atoms with van der Waals surface area (Å²) in [6.07, 6.45) is -21.0. The number of aliphatic hydroxyl groups is 6. The van der Waals surface area contributed by atoms with Crippen LogP contribution in [0.5, 0.6) is 0 Å². The normalized spacial score (nSPS) is 17.4. The van der Waals surface area contributed by atoms with Gasteiger partial charge in [-0.2, -0.15) is 0 Å². The van der Waals surface area contributed by atoms with Crippen LogP contribution in [-0.2, 0) is 119 Å². The Bertz CT molecular complexity index is 1670. The topological polar surface area (TPSA) is 446 Å². The molecule has 31 heteroatoms. The van der Waals surface area contributed by atoms with Crippen LogP contribution in [0.3, 0.4) is 0 Å². The van der Waals surface area contributed by atoms with Crippen molar-refractivity contribution in [1.29, 1.82) is 0 Å². The zero-order valence-electron chi connectivity index (χ0n) is 44.5. The molecule has 440 valence electrons. The van der Waals surface area contributed by atoms with Gasteiger partial charge < -0.3 is 92.2 Å². The molecule has 0 aromatic heterocycles. The Morgan fingerprint density at radius 1 is 0.247 bits per heavy atom. The second-order valence-electron chi connectivity index (χ2n) is 17.7. The van der Waals surface area contributed by atoms with Crippen LogP contribution in [0.1, 0.15) is 83.1 Å². The molecule has 0 aliphatic carbocycles. The second kappa shape index (κ2) is 33.5. The molecule has 0 amide bonds. The Labute approximate surface area is 440 Å². The van der Waals surface area contributed by atoms with Crippen LogP contribution in [-0.4, -0.2) is 228 Å². The molecule has 6 N–H and O–H groups in total. The predicted molar refractivity (Wildman–Crippen MR) is 245 cm³/mol. The predicted octanol–water partition coefficient (Wildman–Crippen LogP) is -3.89. The lowest BCUT2D eigenvalue weighted by molar-refractivity contribution is -0.193. The van der Waals surface area contributed by atoms with E-state index in [1.165, 1.54) is 0 Å². The molecular formula is C46H70O31. The van der Waals surface area contributed by atoms with Crippen LogP contribution < -0.4 is 0 Å². The number of ether oxygens (including phenoxy) is 13. The van der Waals surface area contributed by atoms with Crippen molar-refractivity contribution < 1.29 is 150 Å². The zero-order valence-corrected chi connectivity index (χ0v) is 44.5. The molecule has 12 unspecified atom stereocenters. The summed E-state index contributed by atoms with van der Waals surface area (Å²) in [6.45, 7) is 3.54. The van der Waals surface area contributed by atoms with E-state index in [0.717, 1.165) is 83.1 Å². The third-order valence-electron chi connectivity index (χ3n) is 9.74. The Balaban J connectivity index is 7.94. The van der Waals surface area contributed by atoms with Gasteiger partial charge in [0, 0.05) is 0 Å². The van der Waals surface area contributed by atoms with E-state index in [2.05, 4.69) is 0 Å². The molecule has 0 heterocycles. The van der Waals surface area contributed by atoms with Crippen molar-refractivity contribution in [3.63, 3.8) is 0 Å². The summed E-state index contributed by atoms with van der Waals surface area (Å²) in [7, 11) is 0. The van der Waals surface area contributed by atoms with E-state index in [0.29, 0.717) is 0 Å². The maximum atomic E-state index is 13.3. The number of hydrogen-bond donors (Lipinski definition) is 6. The van der Waals surface area contributed by atoms with Crippen molar-refractivity contribution in [3.8, 4) is 0 Å². The lowest BCUT2D eigenvalue weighted by atomic mass is 9.90. The number of rotatable bonds is 34. The third-order valence-corrected chi connectivity index (χ3v) is 9.74. The summed E-state index contributed by atoms with van der Waals surface area (Å²) in [5.41, 5.74) is -4.52. The lowest BCUT2D eigenvalue weighted by Crippen LogP contribution is -2.49. The number of carbonyl (C=O) groups excluding carboxylic acids is 12. The molecule has 77 heavy (non-hydrogen) atoms. The van der Waals surface area contributed by atoms with Crippen LogP contribution in [0, 0.1) is 10.8 Å². The summed E-state index contributed by atoms with van der Waals surface area (Å²) in [5.74, 6) is -15.9. The number of carbonyl (C=O) groups is 12. The van der Waals surface area contributed by atoms with E-state index in [9.17, 15) is 88.2 Å². The van der Waals surface area contributed by atoms with Gasteiger partial charge in [-0.05, 0) is 83.1 Å². The molecule has 0 aliphatic rings. The van der Waals surface area contributed by atoms with Gasteiger partial charge in [0.05, 0.1) is 24.0 Å². The summed E-state index contributed by atoms with van der Waals surface area (Å²) in [4.78, 5) is 152. The van der Waals surface area contributed by atoms with E-state index in [1.54, 1.807) is 0 Å².